The van der Waals surface area contributed by atoms with Gasteiger partial charge in [-0.15, -0.1) is 0 Å². The molecular weight excluding hydrogens is 380 g/mol. The molecule has 7 nitrogen and oxygen atoms in total. The number of carbonyl (C=O) groups excluding carboxylic acids is 3. The van der Waals surface area contributed by atoms with Crippen LogP contribution in [0.4, 0.5) is 4.79 Å². The lowest BCUT2D eigenvalue weighted by atomic mass is 10.2. The Morgan fingerprint density at radius 1 is 1.04 bits per heavy atom. The van der Waals surface area contributed by atoms with Crippen LogP contribution in [-0.4, -0.2) is 40.5 Å². The number of halogens is 1. The maximum atomic E-state index is 12.6. The van der Waals surface area contributed by atoms with E-state index in [4.69, 9.17) is 9.47 Å². The van der Waals surface area contributed by atoms with Crippen LogP contribution in [0.15, 0.2) is 16.6 Å². The zero-order valence-electron chi connectivity index (χ0n) is 12.8. The summed E-state index contributed by atoms with van der Waals surface area (Å²) in [5, 5.41) is 0. The van der Waals surface area contributed by atoms with Gasteiger partial charge in [-0.3, -0.25) is 19.4 Å². The Labute approximate surface area is 146 Å². The third-order valence-corrected chi connectivity index (χ3v) is 5.38. The molecule has 126 valence electrons. The largest absolute Gasteiger partial charge is 0.454 e. The Balaban J connectivity index is 1.59. The molecule has 0 atom stereocenters. The molecule has 4 amide bonds. The molecule has 2 heterocycles. The van der Waals surface area contributed by atoms with Crippen LogP contribution < -0.4 is 9.47 Å². The number of nitrogens with zero attached hydrogens (tertiary/aromatic N) is 2. The summed E-state index contributed by atoms with van der Waals surface area (Å²) in [5.74, 6) is -0.320. The Morgan fingerprint density at radius 2 is 1.71 bits per heavy atom. The number of amides is 4. The minimum atomic E-state index is -0.767. The van der Waals surface area contributed by atoms with Crippen molar-refractivity contribution in [1.29, 1.82) is 0 Å². The number of urea groups is 1. The van der Waals surface area contributed by atoms with Gasteiger partial charge in [0.05, 0.1) is 6.54 Å². The van der Waals surface area contributed by atoms with Crippen molar-refractivity contribution >= 4 is 33.8 Å². The van der Waals surface area contributed by atoms with Gasteiger partial charge in [0.1, 0.15) is 0 Å². The molecule has 2 aliphatic heterocycles. The second kappa shape index (κ2) is 5.77. The number of ether oxygens (including phenoxy) is 2. The first-order valence-corrected chi connectivity index (χ1v) is 8.62. The van der Waals surface area contributed by atoms with E-state index in [1.165, 1.54) is 0 Å². The first kappa shape index (κ1) is 15.4. The van der Waals surface area contributed by atoms with E-state index in [-0.39, 0.29) is 19.4 Å². The molecule has 4 rings (SSSR count). The number of hydrogen-bond donors (Lipinski definition) is 0. The summed E-state index contributed by atoms with van der Waals surface area (Å²) in [6.07, 6.45) is 3.49. The number of rotatable bonds is 3. The normalized spacial score (nSPS) is 20.6. The molecule has 1 aromatic rings. The van der Waals surface area contributed by atoms with E-state index in [1.54, 1.807) is 12.1 Å². The average molecular weight is 395 g/mol. The van der Waals surface area contributed by atoms with Gasteiger partial charge in [0.15, 0.2) is 11.5 Å². The Bertz CT molecular complexity index is 744. The van der Waals surface area contributed by atoms with Crippen molar-refractivity contribution in [2.75, 3.05) is 6.79 Å². The van der Waals surface area contributed by atoms with Crippen molar-refractivity contribution < 1.29 is 23.9 Å². The minimum absolute atomic E-state index is 0.0177. The molecule has 1 saturated carbocycles. The number of benzene rings is 1. The fraction of sp³-hybridized carbons (Fsp3) is 0.438. The Morgan fingerprint density at radius 3 is 2.42 bits per heavy atom. The van der Waals surface area contributed by atoms with Crippen molar-refractivity contribution in [1.82, 2.24) is 9.80 Å². The maximum absolute atomic E-state index is 12.6. The molecule has 0 unspecified atom stereocenters. The van der Waals surface area contributed by atoms with E-state index in [9.17, 15) is 14.4 Å². The molecule has 0 N–H and O–H groups in total. The second-order valence-electron chi connectivity index (χ2n) is 6.08. The molecule has 0 aromatic heterocycles. The summed E-state index contributed by atoms with van der Waals surface area (Å²) in [5.41, 5.74) is 0.682. The van der Waals surface area contributed by atoms with Crippen LogP contribution in [0.2, 0.25) is 0 Å². The van der Waals surface area contributed by atoms with E-state index < -0.39 is 17.8 Å². The van der Waals surface area contributed by atoms with Crippen LogP contribution in [0.1, 0.15) is 31.2 Å². The lowest BCUT2D eigenvalue weighted by molar-refractivity contribution is -0.144. The van der Waals surface area contributed by atoms with Gasteiger partial charge in [-0.05, 0) is 30.5 Å². The van der Waals surface area contributed by atoms with Gasteiger partial charge < -0.3 is 9.47 Å². The predicted octanol–water partition coefficient (Wildman–Crippen LogP) is 2.41. The third-order valence-electron chi connectivity index (χ3n) is 4.64. The third kappa shape index (κ3) is 2.36. The highest BCUT2D eigenvalue weighted by molar-refractivity contribution is 9.10. The van der Waals surface area contributed by atoms with E-state index in [1.807, 2.05) is 0 Å². The molecule has 1 aromatic carbocycles. The van der Waals surface area contributed by atoms with Crippen molar-refractivity contribution in [2.45, 2.75) is 38.3 Å². The zero-order valence-corrected chi connectivity index (χ0v) is 14.4. The first-order chi connectivity index (χ1) is 11.6. The van der Waals surface area contributed by atoms with Crippen LogP contribution in [-0.2, 0) is 16.1 Å². The average Bonchev–Trinajstić information content (AvgIpc) is 3.26. The molecule has 24 heavy (non-hydrogen) atoms. The molecule has 8 heteroatoms. The lowest BCUT2D eigenvalue weighted by Gasteiger charge is -2.21. The monoisotopic (exact) mass is 394 g/mol. The van der Waals surface area contributed by atoms with Gasteiger partial charge >= 0.3 is 17.8 Å². The predicted molar refractivity (Wildman–Crippen MR) is 85.3 cm³/mol. The highest BCUT2D eigenvalue weighted by atomic mass is 79.9. The van der Waals surface area contributed by atoms with Crippen molar-refractivity contribution in [2.24, 2.45) is 0 Å². The van der Waals surface area contributed by atoms with Gasteiger partial charge in [-0.1, -0.05) is 28.8 Å². The number of hydrogen-bond acceptors (Lipinski definition) is 5. The van der Waals surface area contributed by atoms with Crippen molar-refractivity contribution in [3.05, 3.63) is 22.2 Å². The quantitative estimate of drug-likeness (QED) is 0.581. The molecule has 0 bridgehead atoms. The highest BCUT2D eigenvalue weighted by Crippen LogP contribution is 2.38. The topological polar surface area (TPSA) is 76.2 Å². The first-order valence-electron chi connectivity index (χ1n) is 7.83. The van der Waals surface area contributed by atoms with Crippen LogP contribution >= 0.6 is 15.9 Å². The van der Waals surface area contributed by atoms with E-state index in [2.05, 4.69) is 15.9 Å². The van der Waals surface area contributed by atoms with Gasteiger partial charge in [-0.25, -0.2) is 4.79 Å². The lowest BCUT2D eigenvalue weighted by Crippen LogP contribution is -2.39. The second-order valence-corrected chi connectivity index (χ2v) is 6.94. The van der Waals surface area contributed by atoms with Crippen LogP contribution in [0, 0.1) is 0 Å². The van der Waals surface area contributed by atoms with Gasteiger partial charge in [0.2, 0.25) is 6.79 Å². The summed E-state index contributed by atoms with van der Waals surface area (Å²) in [4.78, 5) is 39.2. The van der Waals surface area contributed by atoms with Crippen LogP contribution in [0.25, 0.3) is 0 Å². The van der Waals surface area contributed by atoms with E-state index in [0.717, 1.165) is 35.5 Å². The summed E-state index contributed by atoms with van der Waals surface area (Å²) in [6, 6.07) is 2.77. The molecule has 0 radical (unpaired) electrons. The highest BCUT2D eigenvalue weighted by Gasteiger charge is 2.48. The zero-order chi connectivity index (χ0) is 16.8. The van der Waals surface area contributed by atoms with Crippen molar-refractivity contribution in [3.8, 4) is 11.5 Å². The van der Waals surface area contributed by atoms with Crippen molar-refractivity contribution in [3.63, 3.8) is 0 Å². The molecule has 3 aliphatic rings. The molecule has 1 saturated heterocycles. The minimum Gasteiger partial charge on any atom is -0.454 e. The molecule has 0 spiro atoms. The fourth-order valence-electron chi connectivity index (χ4n) is 3.40. The number of fused-ring (bicyclic) bond motifs is 1. The Kier molecular flexibility index (Phi) is 3.71. The molecule has 1 aliphatic carbocycles. The summed E-state index contributed by atoms with van der Waals surface area (Å²) >= 11 is 3.41. The van der Waals surface area contributed by atoms with Gasteiger partial charge in [0.25, 0.3) is 0 Å². The van der Waals surface area contributed by atoms with Gasteiger partial charge in [-0.2, -0.15) is 0 Å². The smallest absolute Gasteiger partial charge is 0.334 e. The Hall–Kier alpha value is -2.09. The molecular formula is C16H15BrN2O5. The summed E-state index contributed by atoms with van der Waals surface area (Å²) in [7, 11) is 0. The number of imide groups is 2. The van der Waals surface area contributed by atoms with Crippen LogP contribution in [0.3, 0.4) is 0 Å². The standard InChI is InChI=1S/C16H15BrN2O5/c17-11-6-13-12(23-8-24-13)5-9(11)7-18-14(20)15(21)19(16(18)22)10-3-1-2-4-10/h5-6,10H,1-4,7-8H2. The fourth-order valence-corrected chi connectivity index (χ4v) is 3.84. The number of carbonyl (C=O) groups is 3. The van der Waals surface area contributed by atoms with E-state index >= 15 is 0 Å². The van der Waals surface area contributed by atoms with E-state index in [0.29, 0.717) is 21.5 Å². The SMILES string of the molecule is O=C1C(=O)N(C2CCCC2)C(=O)N1Cc1cc2c(cc1Br)OCO2. The van der Waals surface area contributed by atoms with Crippen LogP contribution in [0.5, 0.6) is 11.5 Å². The molecule has 2 fully saturated rings. The maximum Gasteiger partial charge on any atom is 0.334 e. The summed E-state index contributed by atoms with van der Waals surface area (Å²) in [6.45, 7) is 0.157. The van der Waals surface area contributed by atoms with Gasteiger partial charge in [0, 0.05) is 10.5 Å². The summed E-state index contributed by atoms with van der Waals surface area (Å²) < 4.78 is 11.3.